The summed E-state index contributed by atoms with van der Waals surface area (Å²) in [5.74, 6) is 0. The van der Waals surface area contributed by atoms with Crippen molar-refractivity contribution in [2.75, 3.05) is 0 Å². The molecular formula is C7H7N5S2. The SMILES string of the molecule is NCc1cnc(Sc2nncs2)nc1. The van der Waals surface area contributed by atoms with Crippen LogP contribution in [0.25, 0.3) is 0 Å². The topological polar surface area (TPSA) is 77.6 Å². The highest BCUT2D eigenvalue weighted by Gasteiger charge is 2.02. The molecule has 0 bridgehead atoms. The molecule has 0 saturated carbocycles. The summed E-state index contributed by atoms with van der Waals surface area (Å²) in [5.41, 5.74) is 8.03. The lowest BCUT2D eigenvalue weighted by molar-refractivity contribution is 0.909. The van der Waals surface area contributed by atoms with E-state index >= 15 is 0 Å². The molecule has 2 heterocycles. The zero-order valence-electron chi connectivity index (χ0n) is 7.12. The van der Waals surface area contributed by atoms with E-state index in [-0.39, 0.29) is 0 Å². The van der Waals surface area contributed by atoms with Crippen LogP contribution >= 0.6 is 23.1 Å². The lowest BCUT2D eigenvalue weighted by Crippen LogP contribution is -1.98. The lowest BCUT2D eigenvalue weighted by Gasteiger charge is -1.96. The highest BCUT2D eigenvalue weighted by Crippen LogP contribution is 2.24. The van der Waals surface area contributed by atoms with Gasteiger partial charge in [0.2, 0.25) is 0 Å². The Morgan fingerprint density at radius 3 is 2.71 bits per heavy atom. The van der Waals surface area contributed by atoms with Crippen molar-refractivity contribution in [1.82, 2.24) is 20.2 Å². The Labute approximate surface area is 88.8 Å². The van der Waals surface area contributed by atoms with Gasteiger partial charge in [-0.25, -0.2) is 9.97 Å². The van der Waals surface area contributed by atoms with E-state index in [0.717, 1.165) is 9.90 Å². The van der Waals surface area contributed by atoms with E-state index in [1.54, 1.807) is 17.9 Å². The lowest BCUT2D eigenvalue weighted by atomic mass is 10.4. The maximum atomic E-state index is 5.43. The molecule has 72 valence electrons. The Morgan fingerprint density at radius 1 is 1.36 bits per heavy atom. The Balaban J connectivity index is 2.10. The molecule has 0 aromatic carbocycles. The maximum Gasteiger partial charge on any atom is 0.194 e. The standard InChI is InChI=1S/C7H7N5S2/c8-1-5-2-9-6(10-3-5)14-7-12-11-4-13-7/h2-4H,1,8H2. The predicted octanol–water partition coefficient (Wildman–Crippen LogP) is 0.938. The van der Waals surface area contributed by atoms with E-state index in [0.29, 0.717) is 11.7 Å². The molecule has 0 aliphatic carbocycles. The summed E-state index contributed by atoms with van der Waals surface area (Å²) >= 11 is 2.86. The third-order valence-electron chi connectivity index (χ3n) is 1.44. The molecule has 0 radical (unpaired) electrons. The van der Waals surface area contributed by atoms with Crippen LogP contribution in [0.3, 0.4) is 0 Å². The third kappa shape index (κ3) is 2.25. The molecule has 0 atom stereocenters. The normalized spacial score (nSPS) is 10.4. The number of nitrogens with zero attached hydrogens (tertiary/aromatic N) is 4. The van der Waals surface area contributed by atoms with Crippen molar-refractivity contribution in [1.29, 1.82) is 0 Å². The van der Waals surface area contributed by atoms with Crippen LogP contribution in [0.5, 0.6) is 0 Å². The zero-order chi connectivity index (χ0) is 9.80. The molecule has 2 aromatic rings. The average molecular weight is 225 g/mol. The van der Waals surface area contributed by atoms with Crippen molar-refractivity contribution < 1.29 is 0 Å². The van der Waals surface area contributed by atoms with Crippen LogP contribution < -0.4 is 5.73 Å². The fourth-order valence-corrected chi connectivity index (χ4v) is 2.07. The molecule has 14 heavy (non-hydrogen) atoms. The van der Waals surface area contributed by atoms with Gasteiger partial charge in [-0.1, -0.05) is 11.3 Å². The predicted molar refractivity (Wildman–Crippen MR) is 54.0 cm³/mol. The molecular weight excluding hydrogens is 218 g/mol. The smallest absolute Gasteiger partial charge is 0.194 e. The van der Waals surface area contributed by atoms with Gasteiger partial charge < -0.3 is 5.73 Å². The molecule has 0 aliphatic heterocycles. The number of hydrogen-bond acceptors (Lipinski definition) is 7. The van der Waals surface area contributed by atoms with Crippen molar-refractivity contribution in [2.45, 2.75) is 16.0 Å². The van der Waals surface area contributed by atoms with Crippen LogP contribution in [0.2, 0.25) is 0 Å². The van der Waals surface area contributed by atoms with E-state index < -0.39 is 0 Å². The first-order chi connectivity index (χ1) is 6.88. The van der Waals surface area contributed by atoms with Crippen molar-refractivity contribution in [3.05, 3.63) is 23.5 Å². The molecule has 0 saturated heterocycles. The van der Waals surface area contributed by atoms with Gasteiger partial charge in [-0.3, -0.25) is 0 Å². The van der Waals surface area contributed by atoms with Gasteiger partial charge >= 0.3 is 0 Å². The summed E-state index contributed by atoms with van der Waals surface area (Å²) < 4.78 is 0.838. The monoisotopic (exact) mass is 225 g/mol. The van der Waals surface area contributed by atoms with Crippen LogP contribution in [-0.4, -0.2) is 20.2 Å². The summed E-state index contributed by atoms with van der Waals surface area (Å²) in [6.07, 6.45) is 3.44. The van der Waals surface area contributed by atoms with Gasteiger partial charge in [0.1, 0.15) is 5.51 Å². The Hall–Kier alpha value is -1.05. The van der Waals surface area contributed by atoms with Gasteiger partial charge in [0, 0.05) is 24.5 Å². The second kappa shape index (κ2) is 4.45. The van der Waals surface area contributed by atoms with E-state index in [1.807, 2.05) is 0 Å². The third-order valence-corrected chi connectivity index (χ3v) is 3.11. The number of rotatable bonds is 3. The fraction of sp³-hybridized carbons (Fsp3) is 0.143. The summed E-state index contributed by atoms with van der Waals surface area (Å²) in [5, 5.41) is 8.27. The molecule has 5 nitrogen and oxygen atoms in total. The van der Waals surface area contributed by atoms with Gasteiger partial charge in [-0.15, -0.1) is 10.2 Å². The minimum absolute atomic E-state index is 0.462. The van der Waals surface area contributed by atoms with Crippen LogP contribution in [0.1, 0.15) is 5.56 Å². The molecule has 0 aliphatic rings. The highest BCUT2D eigenvalue weighted by atomic mass is 32.2. The van der Waals surface area contributed by atoms with Crippen molar-refractivity contribution >= 4 is 23.1 Å². The summed E-state index contributed by atoms with van der Waals surface area (Å²) in [7, 11) is 0. The van der Waals surface area contributed by atoms with Crippen LogP contribution in [0, 0.1) is 0 Å². The van der Waals surface area contributed by atoms with Crippen LogP contribution in [-0.2, 0) is 6.54 Å². The largest absolute Gasteiger partial charge is 0.326 e. The van der Waals surface area contributed by atoms with Gasteiger partial charge in [0.25, 0.3) is 0 Å². The van der Waals surface area contributed by atoms with Gasteiger partial charge in [-0.2, -0.15) is 0 Å². The minimum atomic E-state index is 0.462. The molecule has 7 heteroatoms. The first-order valence-electron chi connectivity index (χ1n) is 3.83. The summed E-state index contributed by atoms with van der Waals surface area (Å²) in [4.78, 5) is 8.27. The maximum absolute atomic E-state index is 5.43. The molecule has 0 unspecified atom stereocenters. The fourth-order valence-electron chi connectivity index (χ4n) is 0.787. The molecule has 2 rings (SSSR count). The van der Waals surface area contributed by atoms with Crippen LogP contribution in [0.15, 0.2) is 27.4 Å². The summed E-state index contributed by atoms with van der Waals surface area (Å²) in [6, 6.07) is 0. The molecule has 2 N–H and O–H groups in total. The quantitative estimate of drug-likeness (QED) is 0.783. The van der Waals surface area contributed by atoms with Crippen molar-refractivity contribution in [3.8, 4) is 0 Å². The van der Waals surface area contributed by atoms with Gasteiger partial charge in [0.15, 0.2) is 9.50 Å². The van der Waals surface area contributed by atoms with Crippen molar-refractivity contribution in [3.63, 3.8) is 0 Å². The highest BCUT2D eigenvalue weighted by molar-refractivity contribution is 8.00. The average Bonchev–Trinajstić information content (AvgIpc) is 2.72. The Kier molecular flexibility index (Phi) is 3.02. The molecule has 0 spiro atoms. The van der Waals surface area contributed by atoms with Gasteiger partial charge in [-0.05, 0) is 11.8 Å². The second-order valence-electron chi connectivity index (χ2n) is 2.38. The van der Waals surface area contributed by atoms with Crippen molar-refractivity contribution in [2.24, 2.45) is 5.73 Å². The van der Waals surface area contributed by atoms with E-state index in [9.17, 15) is 0 Å². The molecule has 2 aromatic heterocycles. The summed E-state index contributed by atoms with van der Waals surface area (Å²) in [6.45, 7) is 0.462. The Morgan fingerprint density at radius 2 is 2.14 bits per heavy atom. The van der Waals surface area contributed by atoms with E-state index in [4.69, 9.17) is 5.73 Å². The Bertz CT molecular complexity index is 385. The molecule has 0 amide bonds. The minimum Gasteiger partial charge on any atom is -0.326 e. The number of hydrogen-bond donors (Lipinski definition) is 1. The number of nitrogens with two attached hydrogens (primary N) is 1. The second-order valence-corrected chi connectivity index (χ2v) is 4.43. The zero-order valence-corrected chi connectivity index (χ0v) is 8.75. The first kappa shape index (κ1) is 9.50. The molecule has 0 fully saturated rings. The van der Waals surface area contributed by atoms with Crippen LogP contribution in [0.4, 0.5) is 0 Å². The number of aromatic nitrogens is 4. The van der Waals surface area contributed by atoms with Gasteiger partial charge in [0.05, 0.1) is 0 Å². The first-order valence-corrected chi connectivity index (χ1v) is 5.53. The van der Waals surface area contributed by atoms with E-state index in [1.165, 1.54) is 23.1 Å². The van der Waals surface area contributed by atoms with E-state index in [2.05, 4.69) is 20.2 Å².